The van der Waals surface area contributed by atoms with Crippen molar-refractivity contribution in [2.24, 2.45) is 0 Å². The molecule has 0 unspecified atom stereocenters. The van der Waals surface area contributed by atoms with Gasteiger partial charge in [0.1, 0.15) is 0 Å². The first-order valence-electron chi connectivity index (χ1n) is 15.1. The fourth-order valence-corrected chi connectivity index (χ4v) is 12.0. The van der Waals surface area contributed by atoms with Crippen molar-refractivity contribution in [3.8, 4) is 11.1 Å². The van der Waals surface area contributed by atoms with Gasteiger partial charge in [-0.25, -0.2) is 0 Å². The third-order valence-electron chi connectivity index (χ3n) is 8.34. The topological polar surface area (TPSA) is 26.3 Å². The number of fused-ring (bicyclic) bond motifs is 1. The van der Waals surface area contributed by atoms with Crippen LogP contribution in [0.1, 0.15) is 55.8 Å². The molecule has 5 aromatic rings. The molecule has 0 N–H and O–H groups in total. The van der Waals surface area contributed by atoms with Crippen LogP contribution < -0.4 is 15.9 Å². The maximum atomic E-state index is 12.7. The third kappa shape index (κ3) is 6.24. The molecular formula is C38H40BrO2P. The molecule has 0 saturated heterocycles. The minimum atomic E-state index is -2.99. The van der Waals surface area contributed by atoms with Crippen molar-refractivity contribution in [1.82, 2.24) is 0 Å². The van der Waals surface area contributed by atoms with E-state index in [9.17, 15) is 4.79 Å². The Morgan fingerprint density at radius 3 is 1.93 bits per heavy atom. The summed E-state index contributed by atoms with van der Waals surface area (Å²) in [6.45, 7) is 5.09. The average Bonchev–Trinajstić information content (AvgIpc) is 3.04. The predicted molar refractivity (Wildman–Crippen MR) is 187 cm³/mol. The fraction of sp³-hybridized carbons (Fsp3) is 0.237. The van der Waals surface area contributed by atoms with E-state index in [2.05, 4.69) is 132 Å². The number of halogens is 1. The van der Waals surface area contributed by atoms with Crippen LogP contribution in [0.4, 0.5) is 0 Å². The minimum absolute atomic E-state index is 0.242. The molecule has 0 fully saturated rings. The predicted octanol–water partition coefficient (Wildman–Crippen LogP) is 9.79. The summed E-state index contributed by atoms with van der Waals surface area (Å²) < 4.78 is 5.59. The molecule has 4 heteroatoms. The number of benzene rings is 5. The Balaban J connectivity index is 1.46. The molecule has 0 aliphatic rings. The molecule has 0 spiro atoms. The normalized spacial score (nSPS) is 12.5. The second kappa shape index (κ2) is 13.4. The second-order valence-electron chi connectivity index (χ2n) is 11.3. The van der Waals surface area contributed by atoms with Crippen molar-refractivity contribution < 1.29 is 9.53 Å². The zero-order chi connectivity index (χ0) is 29.4. The summed E-state index contributed by atoms with van der Waals surface area (Å²) in [7, 11) is 0. The molecule has 2 nitrogen and oxygen atoms in total. The van der Waals surface area contributed by atoms with Gasteiger partial charge in [0.2, 0.25) is 0 Å². The summed E-state index contributed by atoms with van der Waals surface area (Å²) in [5, 5.41) is 3.00. The number of carbonyl (C=O) groups excluding carboxylic acids is 1. The van der Waals surface area contributed by atoms with E-state index in [0.29, 0.717) is 12.2 Å². The Kier molecular flexibility index (Phi) is 9.61. The first kappa shape index (κ1) is 30.2. The third-order valence-corrected chi connectivity index (χ3v) is 16.5. The molecule has 0 aliphatic heterocycles. The van der Waals surface area contributed by atoms with Gasteiger partial charge in [-0.15, -0.1) is 0 Å². The number of esters is 1. The quantitative estimate of drug-likeness (QED) is 0.0772. The van der Waals surface area contributed by atoms with Gasteiger partial charge in [-0.05, 0) is 0 Å². The Labute approximate surface area is 258 Å². The monoisotopic (exact) mass is 638 g/mol. The molecule has 5 aromatic carbocycles. The van der Waals surface area contributed by atoms with Gasteiger partial charge < -0.3 is 0 Å². The summed E-state index contributed by atoms with van der Waals surface area (Å²) in [4.78, 5) is 12.7. The fourth-order valence-electron chi connectivity index (χ4n) is 5.84. The number of carbonyl (C=O) groups is 1. The van der Waals surface area contributed by atoms with Crippen LogP contribution in [0.3, 0.4) is 0 Å². The van der Waals surface area contributed by atoms with Crippen LogP contribution in [-0.4, -0.2) is 19.2 Å². The molecular weight excluding hydrogens is 599 g/mol. The summed E-state index contributed by atoms with van der Waals surface area (Å²) in [6.07, 6.45) is 7.03. The van der Waals surface area contributed by atoms with Gasteiger partial charge in [0.05, 0.1) is 0 Å². The first-order valence-corrected chi connectivity index (χ1v) is 19.8. The van der Waals surface area contributed by atoms with Gasteiger partial charge in [-0.3, -0.25) is 0 Å². The van der Waals surface area contributed by atoms with E-state index >= 15 is 0 Å². The molecule has 216 valence electrons. The van der Waals surface area contributed by atoms with Gasteiger partial charge in [0.25, 0.3) is 0 Å². The molecule has 0 aromatic heterocycles. The van der Waals surface area contributed by atoms with Gasteiger partial charge in [-0.1, -0.05) is 39.0 Å². The number of rotatable bonds is 12. The van der Waals surface area contributed by atoms with Crippen LogP contribution >= 0.6 is 20.8 Å². The van der Waals surface area contributed by atoms with Gasteiger partial charge in [0, 0.05) is 0 Å². The standard InChI is InChI=1S/C38H40BrO2P/c1-3-4-5-6-7-16-27-41-38(40)33-26-24-30-28-32(25-23-31(30)29-33)36-21-14-15-22-37(36)42(2,39,34-17-10-8-11-18-34)35-19-12-9-13-20-35/h8-15,17-26,28-29H,3-7,16,27H2,1-2H3. The Morgan fingerprint density at radius 2 is 1.24 bits per heavy atom. The summed E-state index contributed by atoms with van der Waals surface area (Å²) in [5.41, 5.74) is 2.96. The number of hydrogen-bond donors (Lipinski definition) is 0. The van der Waals surface area contributed by atoms with E-state index in [-0.39, 0.29) is 5.97 Å². The van der Waals surface area contributed by atoms with Gasteiger partial charge >= 0.3 is 221 Å². The van der Waals surface area contributed by atoms with Crippen molar-refractivity contribution >= 4 is 53.5 Å². The number of unbranched alkanes of at least 4 members (excludes halogenated alkanes) is 5. The van der Waals surface area contributed by atoms with E-state index in [1.54, 1.807) is 0 Å². The van der Waals surface area contributed by atoms with E-state index in [1.807, 2.05) is 18.2 Å². The first-order chi connectivity index (χ1) is 20.4. The molecule has 5 rings (SSSR count). The van der Waals surface area contributed by atoms with Crippen molar-refractivity contribution in [2.75, 3.05) is 13.3 Å². The van der Waals surface area contributed by atoms with Crippen molar-refractivity contribution in [2.45, 2.75) is 45.4 Å². The Morgan fingerprint density at radius 1 is 0.667 bits per heavy atom. The van der Waals surface area contributed by atoms with Gasteiger partial charge in [0.15, 0.2) is 0 Å². The van der Waals surface area contributed by atoms with Crippen LogP contribution in [0.15, 0.2) is 121 Å². The van der Waals surface area contributed by atoms with Crippen LogP contribution in [0, 0.1) is 0 Å². The molecule has 42 heavy (non-hydrogen) atoms. The molecule has 0 aliphatic carbocycles. The van der Waals surface area contributed by atoms with E-state index < -0.39 is 5.31 Å². The number of hydrogen-bond acceptors (Lipinski definition) is 2. The summed E-state index contributed by atoms with van der Waals surface area (Å²) >= 11 is 4.46. The molecule has 0 bridgehead atoms. The molecule has 0 heterocycles. The zero-order valence-electron chi connectivity index (χ0n) is 24.6. The van der Waals surface area contributed by atoms with E-state index in [1.165, 1.54) is 47.2 Å². The number of ether oxygens (including phenoxy) is 1. The van der Waals surface area contributed by atoms with Crippen molar-refractivity contribution in [3.63, 3.8) is 0 Å². The van der Waals surface area contributed by atoms with Crippen LogP contribution in [-0.2, 0) is 4.74 Å². The molecule has 0 atom stereocenters. The van der Waals surface area contributed by atoms with E-state index in [4.69, 9.17) is 4.74 Å². The molecule has 0 saturated carbocycles. The average molecular weight is 640 g/mol. The zero-order valence-corrected chi connectivity index (χ0v) is 27.1. The van der Waals surface area contributed by atoms with Crippen molar-refractivity contribution in [1.29, 1.82) is 0 Å². The Bertz CT molecular complexity index is 1600. The van der Waals surface area contributed by atoms with Crippen LogP contribution in [0.2, 0.25) is 0 Å². The SMILES string of the molecule is CCCCCCCCOC(=O)c1ccc2cc(-c3ccccc3P(C)(Br)(c3ccccc3)c3ccccc3)ccc2c1. The maximum absolute atomic E-state index is 12.7. The van der Waals surface area contributed by atoms with Gasteiger partial charge in [-0.2, -0.15) is 0 Å². The molecule has 0 radical (unpaired) electrons. The summed E-state index contributed by atoms with van der Waals surface area (Å²) in [6, 6.07) is 42.8. The summed E-state index contributed by atoms with van der Waals surface area (Å²) in [5.74, 6) is -0.242. The van der Waals surface area contributed by atoms with Crippen LogP contribution in [0.25, 0.3) is 21.9 Å². The van der Waals surface area contributed by atoms with Crippen LogP contribution in [0.5, 0.6) is 0 Å². The molecule has 0 amide bonds. The van der Waals surface area contributed by atoms with Crippen molar-refractivity contribution in [3.05, 3.63) is 127 Å². The van der Waals surface area contributed by atoms with E-state index in [0.717, 1.165) is 29.2 Å². The second-order valence-corrected chi connectivity index (χ2v) is 21.0. The Hall–Kier alpha value is -3.26.